The highest BCUT2D eigenvalue weighted by Crippen LogP contribution is 2.20. The van der Waals surface area contributed by atoms with E-state index in [-0.39, 0.29) is 11.8 Å². The zero-order valence-corrected chi connectivity index (χ0v) is 22.0. The Labute approximate surface area is 224 Å². The fraction of sp³-hybridized carbons (Fsp3) is 0.379. The molecule has 1 aromatic heterocycles. The molecule has 1 saturated heterocycles. The molecule has 0 atom stereocenters. The normalized spacial score (nSPS) is 14.4. The van der Waals surface area contributed by atoms with Crippen LogP contribution in [0.5, 0.6) is 0 Å². The first-order valence-corrected chi connectivity index (χ1v) is 13.3. The number of amides is 2. The van der Waals surface area contributed by atoms with Gasteiger partial charge in [0.1, 0.15) is 11.6 Å². The van der Waals surface area contributed by atoms with Crippen molar-refractivity contribution in [2.75, 3.05) is 63.0 Å². The highest BCUT2D eigenvalue weighted by Gasteiger charge is 2.18. The van der Waals surface area contributed by atoms with E-state index < -0.39 is 0 Å². The van der Waals surface area contributed by atoms with Crippen LogP contribution in [0, 0.1) is 0 Å². The van der Waals surface area contributed by atoms with E-state index >= 15 is 0 Å². The van der Waals surface area contributed by atoms with Crippen LogP contribution in [-0.4, -0.2) is 83.9 Å². The maximum absolute atomic E-state index is 13.0. The molecule has 0 bridgehead atoms. The second-order valence-corrected chi connectivity index (χ2v) is 9.49. The van der Waals surface area contributed by atoms with Crippen LogP contribution in [0.25, 0.3) is 11.4 Å². The molecule has 0 aliphatic carbocycles. The van der Waals surface area contributed by atoms with Gasteiger partial charge in [-0.05, 0) is 31.5 Å². The molecular formula is C29H37N7O2. The van der Waals surface area contributed by atoms with Crippen LogP contribution in [0.4, 0.5) is 11.6 Å². The lowest BCUT2D eigenvalue weighted by molar-refractivity contribution is -0.119. The van der Waals surface area contributed by atoms with Crippen molar-refractivity contribution in [3.05, 3.63) is 72.3 Å². The van der Waals surface area contributed by atoms with Crippen LogP contribution in [0.3, 0.4) is 0 Å². The fourth-order valence-corrected chi connectivity index (χ4v) is 4.47. The van der Waals surface area contributed by atoms with Crippen molar-refractivity contribution in [3.8, 4) is 11.4 Å². The predicted octanol–water partition coefficient (Wildman–Crippen LogP) is 2.88. The molecule has 38 heavy (non-hydrogen) atoms. The minimum atomic E-state index is -0.0929. The number of hydrogen-bond acceptors (Lipinski definition) is 7. The molecule has 3 N–H and O–H groups in total. The summed E-state index contributed by atoms with van der Waals surface area (Å²) in [6.07, 6.45) is 2.08. The summed E-state index contributed by atoms with van der Waals surface area (Å²) < 4.78 is 0. The maximum atomic E-state index is 13.0. The molecule has 2 heterocycles. The van der Waals surface area contributed by atoms with Gasteiger partial charge in [-0.25, -0.2) is 9.97 Å². The topological polar surface area (TPSA) is 102 Å². The van der Waals surface area contributed by atoms with E-state index in [4.69, 9.17) is 0 Å². The highest BCUT2D eigenvalue weighted by molar-refractivity contribution is 5.92. The minimum absolute atomic E-state index is 0.0831. The Hall–Kier alpha value is -3.82. The van der Waals surface area contributed by atoms with Gasteiger partial charge in [-0.3, -0.25) is 14.5 Å². The van der Waals surface area contributed by atoms with Crippen molar-refractivity contribution in [2.45, 2.75) is 19.8 Å². The average Bonchev–Trinajstić information content (AvgIpc) is 3.15. The molecule has 4 rings (SSSR count). The van der Waals surface area contributed by atoms with Crippen LogP contribution in [0.15, 0.2) is 66.7 Å². The maximum Gasteiger partial charge on any atom is 0.239 e. The van der Waals surface area contributed by atoms with Crippen LogP contribution >= 0.6 is 0 Å². The lowest BCUT2D eigenvalue weighted by Gasteiger charge is -2.21. The van der Waals surface area contributed by atoms with E-state index in [9.17, 15) is 9.59 Å². The number of carbonyl (C=O) groups is 2. The van der Waals surface area contributed by atoms with Gasteiger partial charge in [0.15, 0.2) is 5.82 Å². The molecule has 9 heteroatoms. The first-order valence-electron chi connectivity index (χ1n) is 13.3. The van der Waals surface area contributed by atoms with Crippen molar-refractivity contribution >= 4 is 23.5 Å². The molecule has 2 amide bonds. The first kappa shape index (κ1) is 27.2. The molecular weight excluding hydrogens is 478 g/mol. The highest BCUT2D eigenvalue weighted by atomic mass is 16.2. The summed E-state index contributed by atoms with van der Waals surface area (Å²) >= 11 is 0. The predicted molar refractivity (Wildman–Crippen MR) is 151 cm³/mol. The Kier molecular flexibility index (Phi) is 10.2. The molecule has 0 saturated carbocycles. The quantitative estimate of drug-likeness (QED) is 0.338. The van der Waals surface area contributed by atoms with Gasteiger partial charge in [0.2, 0.25) is 11.8 Å². The fourth-order valence-electron chi connectivity index (χ4n) is 4.47. The van der Waals surface area contributed by atoms with Crippen molar-refractivity contribution < 1.29 is 9.59 Å². The summed E-state index contributed by atoms with van der Waals surface area (Å²) in [7, 11) is 0. The van der Waals surface area contributed by atoms with Gasteiger partial charge in [-0.2, -0.15) is 0 Å². The van der Waals surface area contributed by atoms with E-state index in [2.05, 4.69) is 60.0 Å². The molecule has 0 radical (unpaired) electrons. The summed E-state index contributed by atoms with van der Waals surface area (Å²) in [6, 6.07) is 22.0. The average molecular weight is 516 g/mol. The lowest BCUT2D eigenvalue weighted by Crippen LogP contribution is -2.36. The van der Waals surface area contributed by atoms with Gasteiger partial charge in [0.05, 0.1) is 6.54 Å². The second kappa shape index (κ2) is 14.2. The van der Waals surface area contributed by atoms with Gasteiger partial charge >= 0.3 is 0 Å². The Morgan fingerprint density at radius 1 is 0.842 bits per heavy atom. The number of nitrogens with zero attached hydrogens (tertiary/aromatic N) is 4. The van der Waals surface area contributed by atoms with Gasteiger partial charge in [0.25, 0.3) is 0 Å². The largest absolute Gasteiger partial charge is 0.368 e. The van der Waals surface area contributed by atoms with E-state index in [1.807, 2.05) is 36.4 Å². The summed E-state index contributed by atoms with van der Waals surface area (Å²) in [5.74, 6) is 1.38. The molecule has 0 spiro atoms. The Bertz CT molecular complexity index is 1170. The smallest absolute Gasteiger partial charge is 0.239 e. The molecule has 200 valence electrons. The van der Waals surface area contributed by atoms with E-state index in [0.29, 0.717) is 37.1 Å². The third-order valence-electron chi connectivity index (χ3n) is 6.44. The van der Waals surface area contributed by atoms with Gasteiger partial charge in [-0.1, -0.05) is 60.7 Å². The van der Waals surface area contributed by atoms with Crippen molar-refractivity contribution in [2.24, 2.45) is 0 Å². The molecule has 1 aliphatic rings. The number of hydrogen-bond donors (Lipinski definition) is 3. The SMILES string of the molecule is CC(=O)NCCNc1cc(NC(=O)CN2CCCN(CCc3ccccc3)CC2)nc(-c2ccccc2)n1. The van der Waals surface area contributed by atoms with Crippen LogP contribution in [0.1, 0.15) is 18.9 Å². The molecule has 2 aromatic carbocycles. The summed E-state index contributed by atoms with van der Waals surface area (Å²) in [5.41, 5.74) is 2.22. The first-order chi connectivity index (χ1) is 18.5. The van der Waals surface area contributed by atoms with Crippen molar-refractivity contribution in [3.63, 3.8) is 0 Å². The Balaban J connectivity index is 1.33. The summed E-state index contributed by atoms with van der Waals surface area (Å²) in [5, 5.41) is 8.94. The number of carbonyl (C=O) groups excluding carboxylic acids is 2. The molecule has 3 aromatic rings. The lowest BCUT2D eigenvalue weighted by atomic mass is 10.1. The monoisotopic (exact) mass is 515 g/mol. The number of rotatable bonds is 11. The third-order valence-corrected chi connectivity index (χ3v) is 6.44. The Morgan fingerprint density at radius 3 is 2.29 bits per heavy atom. The summed E-state index contributed by atoms with van der Waals surface area (Å²) in [4.78, 5) is 38.0. The van der Waals surface area contributed by atoms with E-state index in [0.717, 1.165) is 51.1 Å². The van der Waals surface area contributed by atoms with E-state index in [1.165, 1.54) is 12.5 Å². The van der Waals surface area contributed by atoms with Crippen molar-refractivity contribution in [1.29, 1.82) is 0 Å². The van der Waals surface area contributed by atoms with Gasteiger partial charge in [0, 0.05) is 51.3 Å². The second-order valence-electron chi connectivity index (χ2n) is 9.49. The van der Waals surface area contributed by atoms with Crippen LogP contribution < -0.4 is 16.0 Å². The van der Waals surface area contributed by atoms with Gasteiger partial charge in [-0.15, -0.1) is 0 Å². The zero-order chi connectivity index (χ0) is 26.6. The van der Waals surface area contributed by atoms with Crippen molar-refractivity contribution in [1.82, 2.24) is 25.1 Å². The summed E-state index contributed by atoms with van der Waals surface area (Å²) in [6.45, 7) is 7.57. The van der Waals surface area contributed by atoms with E-state index in [1.54, 1.807) is 6.07 Å². The third kappa shape index (κ3) is 8.93. The number of benzene rings is 2. The standard InChI is InChI=1S/C29H37N7O2/c1-23(37)30-14-15-31-26-21-27(34-29(33-26)25-11-6-3-7-12-25)32-28(38)22-36-17-8-16-35(19-20-36)18-13-24-9-4-2-5-10-24/h2-7,9-12,21H,8,13-20,22H2,1H3,(H,30,37)(H2,31,32,33,34,38). The van der Waals surface area contributed by atoms with Crippen LogP contribution in [0.2, 0.25) is 0 Å². The molecule has 1 fully saturated rings. The zero-order valence-electron chi connectivity index (χ0n) is 22.0. The number of aromatic nitrogens is 2. The molecule has 1 aliphatic heterocycles. The number of anilines is 2. The molecule has 0 unspecified atom stereocenters. The minimum Gasteiger partial charge on any atom is -0.368 e. The number of nitrogens with one attached hydrogen (secondary N) is 3. The molecule has 9 nitrogen and oxygen atoms in total. The van der Waals surface area contributed by atoms with Gasteiger partial charge < -0.3 is 20.9 Å². The van der Waals surface area contributed by atoms with Crippen LogP contribution in [-0.2, 0) is 16.0 Å². The Morgan fingerprint density at radius 2 is 1.53 bits per heavy atom.